The SMILES string of the molecule is CCOC(=O)NS(=O)(=O)Nc1ccc(Cl)cc1O. The Morgan fingerprint density at radius 2 is 2.17 bits per heavy atom. The van der Waals surface area contributed by atoms with Crippen molar-refractivity contribution in [1.82, 2.24) is 4.72 Å². The molecule has 0 bridgehead atoms. The largest absolute Gasteiger partial charge is 0.506 e. The highest BCUT2D eigenvalue weighted by atomic mass is 35.5. The van der Waals surface area contributed by atoms with Crippen LogP contribution in [0, 0.1) is 0 Å². The van der Waals surface area contributed by atoms with Crippen molar-refractivity contribution in [1.29, 1.82) is 0 Å². The van der Waals surface area contributed by atoms with Crippen LogP contribution in [-0.2, 0) is 14.9 Å². The number of aromatic hydroxyl groups is 1. The summed E-state index contributed by atoms with van der Waals surface area (Å²) in [7, 11) is -4.17. The zero-order valence-corrected chi connectivity index (χ0v) is 10.9. The fourth-order valence-electron chi connectivity index (χ4n) is 1.03. The molecule has 0 heterocycles. The van der Waals surface area contributed by atoms with Gasteiger partial charge in [0.05, 0.1) is 12.3 Å². The first kappa shape index (κ1) is 14.4. The van der Waals surface area contributed by atoms with Crippen LogP contribution in [0.4, 0.5) is 10.5 Å². The van der Waals surface area contributed by atoms with Crippen LogP contribution in [0.2, 0.25) is 5.02 Å². The van der Waals surface area contributed by atoms with Gasteiger partial charge in [0.15, 0.2) is 0 Å². The topological polar surface area (TPSA) is 105 Å². The third-order valence-electron chi connectivity index (χ3n) is 1.70. The van der Waals surface area contributed by atoms with Crippen LogP contribution in [0.25, 0.3) is 0 Å². The van der Waals surface area contributed by atoms with Gasteiger partial charge in [-0.25, -0.2) is 9.52 Å². The van der Waals surface area contributed by atoms with Gasteiger partial charge < -0.3 is 9.84 Å². The van der Waals surface area contributed by atoms with Crippen molar-refractivity contribution in [3.05, 3.63) is 23.2 Å². The Labute approximate surface area is 109 Å². The van der Waals surface area contributed by atoms with E-state index >= 15 is 0 Å². The Morgan fingerprint density at radius 3 is 2.72 bits per heavy atom. The molecular formula is C9H11ClN2O5S. The van der Waals surface area contributed by atoms with Gasteiger partial charge in [0.2, 0.25) is 0 Å². The number of hydrogen-bond acceptors (Lipinski definition) is 5. The number of carbonyl (C=O) groups excluding carboxylic acids is 1. The van der Waals surface area contributed by atoms with Crippen molar-refractivity contribution < 1.29 is 23.1 Å². The van der Waals surface area contributed by atoms with Crippen molar-refractivity contribution in [2.24, 2.45) is 0 Å². The highest BCUT2D eigenvalue weighted by Gasteiger charge is 2.16. The summed E-state index contributed by atoms with van der Waals surface area (Å²) in [4.78, 5) is 11.0. The number of phenolic OH excluding ortho intramolecular Hbond substituents is 1. The lowest BCUT2D eigenvalue weighted by molar-refractivity contribution is 0.159. The minimum absolute atomic E-state index is 0.0353. The molecule has 0 aliphatic rings. The molecule has 1 aromatic rings. The normalized spacial score (nSPS) is 10.8. The lowest BCUT2D eigenvalue weighted by Crippen LogP contribution is -2.35. The first-order valence-corrected chi connectivity index (χ1v) is 6.66. The summed E-state index contributed by atoms with van der Waals surface area (Å²) in [6.45, 7) is 1.57. The number of benzene rings is 1. The van der Waals surface area contributed by atoms with E-state index in [0.29, 0.717) is 0 Å². The van der Waals surface area contributed by atoms with Crippen LogP contribution < -0.4 is 9.44 Å². The van der Waals surface area contributed by atoms with Crippen molar-refractivity contribution in [2.75, 3.05) is 11.3 Å². The third-order valence-corrected chi connectivity index (χ3v) is 2.86. The van der Waals surface area contributed by atoms with Gasteiger partial charge in [-0.2, -0.15) is 8.42 Å². The second-order valence-electron chi connectivity index (χ2n) is 3.09. The number of rotatable bonds is 4. The van der Waals surface area contributed by atoms with Gasteiger partial charge in [0.1, 0.15) is 5.75 Å². The Balaban J connectivity index is 2.79. The predicted octanol–water partition coefficient (Wildman–Crippen LogP) is 1.45. The number of nitrogens with one attached hydrogen (secondary N) is 2. The maximum atomic E-state index is 11.5. The zero-order chi connectivity index (χ0) is 13.8. The molecule has 0 saturated heterocycles. The third kappa shape index (κ3) is 4.30. The summed E-state index contributed by atoms with van der Waals surface area (Å²) in [6.07, 6.45) is -1.11. The van der Waals surface area contributed by atoms with Crippen molar-refractivity contribution >= 4 is 33.6 Å². The van der Waals surface area contributed by atoms with E-state index in [1.807, 2.05) is 4.72 Å². The van der Waals surface area contributed by atoms with Gasteiger partial charge in [-0.1, -0.05) is 11.6 Å². The number of phenols is 1. The molecule has 1 rings (SSSR count). The molecule has 0 saturated carbocycles. The van der Waals surface area contributed by atoms with Gasteiger partial charge in [-0.05, 0) is 19.1 Å². The van der Waals surface area contributed by atoms with Crippen LogP contribution in [0.15, 0.2) is 18.2 Å². The first-order valence-electron chi connectivity index (χ1n) is 4.80. The van der Waals surface area contributed by atoms with Gasteiger partial charge in [-0.15, -0.1) is 0 Å². The molecule has 9 heteroatoms. The number of hydrogen-bond donors (Lipinski definition) is 3. The quantitative estimate of drug-likeness (QED) is 0.729. The fourth-order valence-corrected chi connectivity index (χ4v) is 1.99. The molecule has 0 unspecified atom stereocenters. The Bertz CT molecular complexity index is 546. The van der Waals surface area contributed by atoms with Crippen molar-refractivity contribution in [2.45, 2.75) is 6.92 Å². The highest BCUT2D eigenvalue weighted by Crippen LogP contribution is 2.26. The van der Waals surface area contributed by atoms with E-state index in [4.69, 9.17) is 11.6 Å². The first-order chi connectivity index (χ1) is 8.34. The molecule has 0 aromatic heterocycles. The van der Waals surface area contributed by atoms with Crippen LogP contribution in [0.5, 0.6) is 5.75 Å². The molecule has 18 heavy (non-hydrogen) atoms. The van der Waals surface area contributed by atoms with Crippen molar-refractivity contribution in [3.63, 3.8) is 0 Å². The molecule has 3 N–H and O–H groups in total. The summed E-state index contributed by atoms with van der Waals surface area (Å²) in [6, 6.07) is 3.79. The molecule has 0 spiro atoms. The Hall–Kier alpha value is -1.67. The van der Waals surface area contributed by atoms with E-state index in [1.54, 1.807) is 4.72 Å². The Morgan fingerprint density at radius 1 is 1.50 bits per heavy atom. The van der Waals surface area contributed by atoms with Crippen LogP contribution in [-0.4, -0.2) is 26.2 Å². The zero-order valence-electron chi connectivity index (χ0n) is 9.31. The number of ether oxygens (including phenoxy) is 1. The van der Waals surface area contributed by atoms with E-state index in [2.05, 4.69) is 4.74 Å². The van der Waals surface area contributed by atoms with Gasteiger partial charge in [0.25, 0.3) is 0 Å². The lowest BCUT2D eigenvalue weighted by Gasteiger charge is -2.10. The van der Waals surface area contributed by atoms with Crippen LogP contribution in [0.3, 0.4) is 0 Å². The minimum Gasteiger partial charge on any atom is -0.506 e. The monoisotopic (exact) mass is 294 g/mol. The average molecular weight is 295 g/mol. The molecule has 0 fully saturated rings. The summed E-state index contributed by atoms with van der Waals surface area (Å²) < 4.78 is 30.9. The van der Waals surface area contributed by atoms with E-state index in [1.165, 1.54) is 19.1 Å². The molecule has 0 aliphatic heterocycles. The van der Waals surface area contributed by atoms with Gasteiger partial charge >= 0.3 is 16.3 Å². The second kappa shape index (κ2) is 5.78. The molecule has 0 atom stereocenters. The molecule has 0 radical (unpaired) electrons. The van der Waals surface area contributed by atoms with E-state index in [0.717, 1.165) is 6.07 Å². The summed E-state index contributed by atoms with van der Waals surface area (Å²) in [5, 5.41) is 9.68. The van der Waals surface area contributed by atoms with Gasteiger partial charge in [-0.3, -0.25) is 4.72 Å². The molecule has 1 amide bonds. The fraction of sp³-hybridized carbons (Fsp3) is 0.222. The number of anilines is 1. The van der Waals surface area contributed by atoms with E-state index in [-0.39, 0.29) is 23.1 Å². The highest BCUT2D eigenvalue weighted by molar-refractivity contribution is 7.91. The van der Waals surface area contributed by atoms with Crippen LogP contribution in [0.1, 0.15) is 6.92 Å². The smallest absolute Gasteiger partial charge is 0.422 e. The maximum Gasteiger partial charge on any atom is 0.422 e. The van der Waals surface area contributed by atoms with E-state index < -0.39 is 16.3 Å². The van der Waals surface area contributed by atoms with E-state index in [9.17, 15) is 18.3 Å². The Kier molecular flexibility index (Phi) is 4.62. The number of halogens is 1. The molecule has 7 nitrogen and oxygen atoms in total. The van der Waals surface area contributed by atoms with Crippen LogP contribution >= 0.6 is 11.6 Å². The second-order valence-corrected chi connectivity index (χ2v) is 4.94. The number of amides is 1. The van der Waals surface area contributed by atoms with Gasteiger partial charge in [0, 0.05) is 11.1 Å². The maximum absolute atomic E-state index is 11.5. The minimum atomic E-state index is -4.17. The molecule has 0 aliphatic carbocycles. The summed E-state index contributed by atoms with van der Waals surface area (Å²) in [5.41, 5.74) is -0.115. The summed E-state index contributed by atoms with van der Waals surface area (Å²) in [5.74, 6) is -0.364. The number of carbonyl (C=O) groups is 1. The molecule has 1 aromatic carbocycles. The van der Waals surface area contributed by atoms with Crippen molar-refractivity contribution in [3.8, 4) is 5.75 Å². The average Bonchev–Trinajstić information content (AvgIpc) is 2.21. The predicted molar refractivity (Wildman–Crippen MR) is 65.8 cm³/mol. The molecular weight excluding hydrogens is 284 g/mol. The summed E-state index contributed by atoms with van der Waals surface area (Å²) >= 11 is 5.59. The lowest BCUT2D eigenvalue weighted by atomic mass is 10.3. The standard InChI is InChI=1S/C9H11ClN2O5S/c1-2-17-9(14)12-18(15,16)11-7-4-3-6(10)5-8(7)13/h3-5,11,13H,2H2,1H3,(H,12,14). The molecule has 100 valence electrons.